The van der Waals surface area contributed by atoms with E-state index in [4.69, 9.17) is 0 Å². The molecule has 2 nitrogen and oxygen atoms in total. The molecule has 0 aliphatic carbocycles. The molecule has 0 N–H and O–H groups in total. The molecule has 0 spiro atoms. The van der Waals surface area contributed by atoms with Crippen molar-refractivity contribution in [2.24, 2.45) is 0 Å². The minimum Gasteiger partial charge on any atom is -0.226 e. The summed E-state index contributed by atoms with van der Waals surface area (Å²) in [5.41, 5.74) is 0.225. The highest BCUT2D eigenvalue weighted by molar-refractivity contribution is 9.11. The van der Waals surface area contributed by atoms with Gasteiger partial charge in [-0.05, 0) is 56.1 Å². The minimum atomic E-state index is -9.62. The number of rotatable bonds is 2. The zero-order valence-corrected chi connectivity index (χ0v) is 12.8. The van der Waals surface area contributed by atoms with Crippen LogP contribution in [0.2, 0.25) is 0 Å². The molecule has 0 unspecified atom stereocenters. The monoisotopic (exact) mass is 426 g/mol. The normalized spacial score (nSPS) is 15.9. The van der Waals surface area contributed by atoms with Crippen molar-refractivity contribution in [3.05, 3.63) is 39.5 Å². The Morgan fingerprint density at radius 1 is 0.947 bits per heavy atom. The van der Waals surface area contributed by atoms with Crippen LogP contribution >= 0.6 is 42.1 Å². The lowest BCUT2D eigenvalue weighted by molar-refractivity contribution is 0.364. The van der Waals surface area contributed by atoms with Gasteiger partial charge in [-0.3, -0.25) is 0 Å². The van der Waals surface area contributed by atoms with Crippen LogP contribution in [0.4, 0.5) is 19.4 Å². The molecule has 2 aromatic rings. The van der Waals surface area contributed by atoms with E-state index in [-0.39, 0.29) is 5.69 Å². The largest absolute Gasteiger partial charge is 0.310 e. The van der Waals surface area contributed by atoms with Crippen molar-refractivity contribution in [2.45, 2.75) is 4.90 Å². The van der Waals surface area contributed by atoms with Crippen molar-refractivity contribution in [2.75, 3.05) is 0 Å². The summed E-state index contributed by atoms with van der Waals surface area (Å²) >= 11 is 6.23. The van der Waals surface area contributed by atoms with Gasteiger partial charge in [-0.2, -0.15) is 5.10 Å². The maximum Gasteiger partial charge on any atom is 0.310 e. The van der Waals surface area contributed by atoms with Gasteiger partial charge in [0.1, 0.15) is 14.1 Å². The molecule has 0 atom stereocenters. The number of nitrogens with zero attached hydrogens (tertiary/aromatic N) is 2. The lowest BCUT2D eigenvalue weighted by Crippen LogP contribution is -2.06. The van der Waals surface area contributed by atoms with Gasteiger partial charge in [-0.1, -0.05) is 19.4 Å². The van der Waals surface area contributed by atoms with Gasteiger partial charge in [0, 0.05) is 6.07 Å². The minimum absolute atomic E-state index is 0.225. The van der Waals surface area contributed by atoms with E-state index in [1.807, 2.05) is 0 Å². The van der Waals surface area contributed by atoms with E-state index in [1.54, 1.807) is 6.07 Å². The van der Waals surface area contributed by atoms with E-state index in [1.165, 1.54) is 4.68 Å². The third-order valence-corrected chi connectivity index (χ3v) is 4.28. The zero-order valence-electron chi connectivity index (χ0n) is 8.84. The second-order valence-corrected chi connectivity index (χ2v) is 7.70. The van der Waals surface area contributed by atoms with E-state index in [9.17, 15) is 19.4 Å². The van der Waals surface area contributed by atoms with Crippen LogP contribution in [-0.4, -0.2) is 9.78 Å². The Balaban J connectivity index is 2.49. The SMILES string of the molecule is FS(F)(F)(F)(F)c1ccc(-n2nc(Br)cc2Br)cc1. The van der Waals surface area contributed by atoms with E-state index < -0.39 is 15.1 Å². The van der Waals surface area contributed by atoms with Gasteiger partial charge in [-0.25, -0.2) is 4.68 Å². The molecule has 0 fully saturated rings. The summed E-state index contributed by atoms with van der Waals surface area (Å²) in [5.74, 6) is 0. The van der Waals surface area contributed by atoms with Gasteiger partial charge < -0.3 is 0 Å². The first-order chi connectivity index (χ1) is 8.36. The highest BCUT2D eigenvalue weighted by Gasteiger charge is 2.65. The lowest BCUT2D eigenvalue weighted by atomic mass is 10.3. The van der Waals surface area contributed by atoms with Crippen LogP contribution in [0.1, 0.15) is 0 Å². The number of hydrogen-bond donors (Lipinski definition) is 0. The molecule has 0 amide bonds. The van der Waals surface area contributed by atoms with Crippen molar-refractivity contribution in [3.8, 4) is 5.69 Å². The summed E-state index contributed by atoms with van der Waals surface area (Å²) in [7, 11) is -9.62. The number of halogens is 7. The lowest BCUT2D eigenvalue weighted by Gasteiger charge is -2.40. The molecule has 0 bridgehead atoms. The van der Waals surface area contributed by atoms with Gasteiger partial charge in [0.2, 0.25) is 0 Å². The summed E-state index contributed by atoms with van der Waals surface area (Å²) < 4.78 is 64.8. The fraction of sp³-hybridized carbons (Fsp3) is 0. The number of benzene rings is 1. The maximum absolute atomic E-state index is 12.5. The molecule has 0 saturated heterocycles. The molecular formula is C9H5Br2F5N2S. The average Bonchev–Trinajstić information content (AvgIpc) is 2.55. The summed E-state index contributed by atoms with van der Waals surface area (Å²) in [6.45, 7) is 0. The Morgan fingerprint density at radius 2 is 1.47 bits per heavy atom. The number of hydrogen-bond acceptors (Lipinski definition) is 1. The van der Waals surface area contributed by atoms with Crippen molar-refractivity contribution in [1.29, 1.82) is 0 Å². The Morgan fingerprint density at radius 3 is 1.84 bits per heavy atom. The molecule has 1 aromatic heterocycles. The summed E-state index contributed by atoms with van der Waals surface area (Å²) in [6.07, 6.45) is 0. The summed E-state index contributed by atoms with van der Waals surface area (Å²) in [4.78, 5) is -1.92. The van der Waals surface area contributed by atoms with Crippen LogP contribution < -0.4 is 0 Å². The molecular weight excluding hydrogens is 423 g/mol. The Hall–Kier alpha value is -0.610. The molecule has 0 radical (unpaired) electrons. The van der Waals surface area contributed by atoms with Gasteiger partial charge in [-0.15, -0.1) is 0 Å². The van der Waals surface area contributed by atoms with E-state index in [0.29, 0.717) is 21.3 Å². The van der Waals surface area contributed by atoms with Gasteiger partial charge in [0.25, 0.3) is 0 Å². The first-order valence-electron chi connectivity index (χ1n) is 4.62. The predicted octanol–water partition coefficient (Wildman–Crippen LogP) is 6.05. The third kappa shape index (κ3) is 3.29. The maximum atomic E-state index is 12.5. The quantitative estimate of drug-likeness (QED) is 0.533. The molecule has 2 rings (SSSR count). The molecule has 10 heteroatoms. The standard InChI is InChI=1S/C9H5Br2F5N2S/c10-8-5-9(11)18(17-8)6-1-3-7(4-2-6)19(12,13,14,15)16/h1-5H. The average molecular weight is 428 g/mol. The fourth-order valence-electron chi connectivity index (χ4n) is 1.36. The van der Waals surface area contributed by atoms with Crippen molar-refractivity contribution >= 4 is 42.1 Å². The van der Waals surface area contributed by atoms with Crippen LogP contribution in [0.25, 0.3) is 5.69 Å². The van der Waals surface area contributed by atoms with Crippen molar-refractivity contribution in [1.82, 2.24) is 9.78 Å². The highest BCUT2D eigenvalue weighted by Crippen LogP contribution is 3.02. The molecule has 0 aliphatic heterocycles. The third-order valence-electron chi connectivity index (χ3n) is 2.16. The van der Waals surface area contributed by atoms with Gasteiger partial charge in [0.05, 0.1) is 5.69 Å². The smallest absolute Gasteiger partial charge is 0.226 e. The van der Waals surface area contributed by atoms with E-state index in [2.05, 4.69) is 37.0 Å². The van der Waals surface area contributed by atoms with Crippen LogP contribution in [0.5, 0.6) is 0 Å². The Bertz CT molecular complexity index is 635. The molecule has 1 heterocycles. The molecule has 19 heavy (non-hydrogen) atoms. The first-order valence-corrected chi connectivity index (χ1v) is 8.16. The summed E-state index contributed by atoms with van der Waals surface area (Å²) in [6, 6.07) is 4.12. The van der Waals surface area contributed by atoms with E-state index in [0.717, 1.165) is 12.1 Å². The molecule has 0 aliphatic rings. The fourth-order valence-corrected chi connectivity index (χ4v) is 3.19. The second kappa shape index (κ2) is 3.73. The number of aromatic nitrogens is 2. The zero-order chi connectivity index (χ0) is 14.5. The molecule has 106 valence electrons. The van der Waals surface area contributed by atoms with E-state index >= 15 is 0 Å². The van der Waals surface area contributed by atoms with Crippen LogP contribution in [0.3, 0.4) is 0 Å². The first kappa shape index (κ1) is 14.8. The molecule has 1 aromatic carbocycles. The van der Waals surface area contributed by atoms with Crippen molar-refractivity contribution in [3.63, 3.8) is 0 Å². The predicted molar refractivity (Wildman–Crippen MR) is 70.4 cm³/mol. The van der Waals surface area contributed by atoms with Crippen LogP contribution in [0.15, 0.2) is 44.4 Å². The van der Waals surface area contributed by atoms with Crippen molar-refractivity contribution < 1.29 is 19.4 Å². The Kier molecular flexibility index (Phi) is 2.90. The van der Waals surface area contributed by atoms with Crippen LogP contribution in [0, 0.1) is 0 Å². The highest BCUT2D eigenvalue weighted by atomic mass is 79.9. The van der Waals surface area contributed by atoms with Gasteiger partial charge in [0.15, 0.2) is 0 Å². The summed E-state index contributed by atoms with van der Waals surface area (Å²) in [5, 5.41) is 3.93. The van der Waals surface area contributed by atoms with Gasteiger partial charge >= 0.3 is 10.2 Å². The van der Waals surface area contributed by atoms with Crippen LogP contribution in [-0.2, 0) is 0 Å². The second-order valence-electron chi connectivity index (χ2n) is 3.66. The Labute approximate surface area is 121 Å². The topological polar surface area (TPSA) is 17.8 Å². The molecule has 0 saturated carbocycles.